The van der Waals surface area contributed by atoms with Gasteiger partial charge in [-0.2, -0.15) is 0 Å². The minimum Gasteiger partial charge on any atom is -0.361 e. The second-order valence-electron chi connectivity index (χ2n) is 9.50. The van der Waals surface area contributed by atoms with Gasteiger partial charge in [0.2, 0.25) is 11.8 Å². The number of aromatic amines is 1. The molecule has 0 aliphatic heterocycles. The average molecular weight is 380 g/mol. The minimum absolute atomic E-state index is 0.0255. The smallest absolute Gasteiger partial charge is 0.243 e. The van der Waals surface area contributed by atoms with Crippen LogP contribution in [0.4, 0.5) is 0 Å². The monoisotopic (exact) mass is 379 g/mol. The fourth-order valence-corrected chi connectivity index (χ4v) is 6.59. The highest BCUT2D eigenvalue weighted by Crippen LogP contribution is 2.55. The number of rotatable bonds is 5. The normalized spacial score (nSPS) is 31.7. The molecule has 1 atom stereocenters. The van der Waals surface area contributed by atoms with Gasteiger partial charge in [-0.15, -0.1) is 0 Å². The van der Waals surface area contributed by atoms with Gasteiger partial charge in [-0.1, -0.05) is 18.2 Å². The molecule has 28 heavy (non-hydrogen) atoms. The molecule has 0 radical (unpaired) electrons. The van der Waals surface area contributed by atoms with Crippen molar-refractivity contribution in [1.29, 1.82) is 0 Å². The number of H-pyrrole nitrogens is 1. The zero-order valence-corrected chi connectivity index (χ0v) is 16.5. The summed E-state index contributed by atoms with van der Waals surface area (Å²) in [5.41, 5.74) is 2.08. The Hall–Kier alpha value is -2.30. The van der Waals surface area contributed by atoms with Crippen LogP contribution in [0.3, 0.4) is 0 Å². The van der Waals surface area contributed by atoms with Gasteiger partial charge in [-0.3, -0.25) is 9.59 Å². The molecule has 4 aliphatic rings. The Balaban J connectivity index is 1.36. The Labute approximate surface area is 165 Å². The summed E-state index contributed by atoms with van der Waals surface area (Å²) in [7, 11) is 0. The third-order valence-electron chi connectivity index (χ3n) is 7.22. The molecule has 4 bridgehead atoms. The molecule has 0 spiro atoms. The van der Waals surface area contributed by atoms with E-state index in [0.29, 0.717) is 6.42 Å². The molecule has 6 rings (SSSR count). The highest BCUT2D eigenvalue weighted by Gasteiger charge is 2.51. The average Bonchev–Trinajstić information content (AvgIpc) is 3.02. The first-order chi connectivity index (χ1) is 13.5. The Morgan fingerprint density at radius 2 is 1.75 bits per heavy atom. The van der Waals surface area contributed by atoms with Crippen molar-refractivity contribution in [3.05, 3.63) is 36.0 Å². The zero-order valence-electron chi connectivity index (χ0n) is 16.5. The van der Waals surface area contributed by atoms with Gasteiger partial charge < -0.3 is 15.6 Å². The molecule has 3 N–H and O–H groups in total. The molecule has 4 fully saturated rings. The van der Waals surface area contributed by atoms with E-state index in [-0.39, 0.29) is 17.4 Å². The fourth-order valence-electron chi connectivity index (χ4n) is 6.59. The number of para-hydroxylation sites is 1. The Morgan fingerprint density at radius 3 is 2.39 bits per heavy atom. The van der Waals surface area contributed by atoms with Gasteiger partial charge >= 0.3 is 0 Å². The van der Waals surface area contributed by atoms with E-state index in [1.807, 2.05) is 24.4 Å². The van der Waals surface area contributed by atoms with E-state index in [1.165, 1.54) is 26.2 Å². The summed E-state index contributed by atoms with van der Waals surface area (Å²) in [5, 5.41) is 7.44. The molecule has 148 valence electrons. The minimum atomic E-state index is -0.537. The first-order valence-corrected chi connectivity index (χ1v) is 10.6. The summed E-state index contributed by atoms with van der Waals surface area (Å²) >= 11 is 0. The van der Waals surface area contributed by atoms with Crippen molar-refractivity contribution >= 4 is 22.7 Å². The van der Waals surface area contributed by atoms with Crippen molar-refractivity contribution in [3.8, 4) is 0 Å². The summed E-state index contributed by atoms with van der Waals surface area (Å²) in [4.78, 5) is 28.4. The van der Waals surface area contributed by atoms with Gasteiger partial charge in [-0.25, -0.2) is 0 Å². The van der Waals surface area contributed by atoms with E-state index in [2.05, 4.69) is 21.7 Å². The molecule has 1 unspecified atom stereocenters. The number of fused-ring (bicyclic) bond motifs is 1. The first-order valence-electron chi connectivity index (χ1n) is 10.6. The quantitative estimate of drug-likeness (QED) is 0.746. The molecule has 1 heterocycles. The number of carbonyl (C=O) groups is 2. The highest BCUT2D eigenvalue weighted by atomic mass is 16.2. The number of aromatic nitrogens is 1. The van der Waals surface area contributed by atoms with Crippen LogP contribution < -0.4 is 10.6 Å². The van der Waals surface area contributed by atoms with Gasteiger partial charge in [0, 0.05) is 36.0 Å². The van der Waals surface area contributed by atoms with Crippen LogP contribution in [0.15, 0.2) is 30.5 Å². The van der Waals surface area contributed by atoms with E-state index in [9.17, 15) is 9.59 Å². The van der Waals surface area contributed by atoms with Crippen molar-refractivity contribution in [2.24, 2.45) is 17.8 Å². The standard InChI is InChI=1S/C23H29N3O2/c1-14(27)25-21(9-18-13-24-20-5-3-2-4-19(18)20)22(28)26-23-10-15-6-16(11-23)8-17(7-15)12-23/h2-5,13,15-17,21,24H,6-12H2,1H3,(H,25,27)(H,26,28). The van der Waals surface area contributed by atoms with Crippen molar-refractivity contribution in [2.75, 3.05) is 0 Å². The van der Waals surface area contributed by atoms with Gasteiger partial charge in [-0.05, 0) is 67.9 Å². The molecule has 2 amide bonds. The summed E-state index contributed by atoms with van der Waals surface area (Å²) in [5.74, 6) is 2.14. The number of hydrogen-bond acceptors (Lipinski definition) is 2. The maximum absolute atomic E-state index is 13.3. The molecule has 0 saturated heterocycles. The Kier molecular flexibility index (Phi) is 4.22. The van der Waals surface area contributed by atoms with Crippen molar-refractivity contribution in [3.63, 3.8) is 0 Å². The number of hydrogen-bond donors (Lipinski definition) is 3. The van der Waals surface area contributed by atoms with E-state index in [1.54, 1.807) is 0 Å². The molecule has 2 aromatic rings. The molecule has 5 nitrogen and oxygen atoms in total. The maximum atomic E-state index is 13.3. The number of carbonyl (C=O) groups excluding carboxylic acids is 2. The largest absolute Gasteiger partial charge is 0.361 e. The molecule has 4 aliphatic carbocycles. The summed E-state index contributed by atoms with van der Waals surface area (Å²) in [6.45, 7) is 1.49. The van der Waals surface area contributed by atoms with Crippen LogP contribution in [-0.2, 0) is 16.0 Å². The van der Waals surface area contributed by atoms with Gasteiger partial charge in [0.05, 0.1) is 0 Å². The topological polar surface area (TPSA) is 74.0 Å². The third kappa shape index (κ3) is 3.21. The van der Waals surface area contributed by atoms with E-state index in [4.69, 9.17) is 0 Å². The van der Waals surface area contributed by atoms with E-state index in [0.717, 1.165) is 53.5 Å². The summed E-state index contributed by atoms with van der Waals surface area (Å²) in [6, 6.07) is 7.55. The van der Waals surface area contributed by atoms with E-state index >= 15 is 0 Å². The van der Waals surface area contributed by atoms with Crippen molar-refractivity contribution in [1.82, 2.24) is 15.6 Å². The maximum Gasteiger partial charge on any atom is 0.243 e. The lowest BCUT2D eigenvalue weighted by Crippen LogP contribution is -2.62. The summed E-state index contributed by atoms with van der Waals surface area (Å²) in [6.07, 6.45) is 9.85. The van der Waals surface area contributed by atoms with Crippen LogP contribution in [0.1, 0.15) is 51.0 Å². The van der Waals surface area contributed by atoms with Crippen LogP contribution in [0.25, 0.3) is 10.9 Å². The lowest BCUT2D eigenvalue weighted by atomic mass is 9.53. The number of nitrogens with one attached hydrogen (secondary N) is 3. The Morgan fingerprint density at radius 1 is 1.11 bits per heavy atom. The van der Waals surface area contributed by atoms with Gasteiger partial charge in [0.25, 0.3) is 0 Å². The first kappa shape index (κ1) is 17.8. The lowest BCUT2D eigenvalue weighted by molar-refractivity contribution is -0.132. The van der Waals surface area contributed by atoms with Gasteiger partial charge in [0.15, 0.2) is 0 Å². The van der Waals surface area contributed by atoms with Gasteiger partial charge in [0.1, 0.15) is 6.04 Å². The predicted molar refractivity (Wildman–Crippen MR) is 109 cm³/mol. The number of amides is 2. The van der Waals surface area contributed by atoms with Crippen molar-refractivity contribution < 1.29 is 9.59 Å². The molecular weight excluding hydrogens is 350 g/mol. The lowest BCUT2D eigenvalue weighted by Gasteiger charge is -2.57. The number of benzene rings is 1. The molecule has 1 aromatic heterocycles. The third-order valence-corrected chi connectivity index (χ3v) is 7.22. The predicted octanol–water partition coefficient (Wildman–Crippen LogP) is 3.30. The molecule has 5 heteroatoms. The van der Waals surface area contributed by atoms with E-state index < -0.39 is 6.04 Å². The van der Waals surface area contributed by atoms with Crippen LogP contribution in [0.2, 0.25) is 0 Å². The Bertz CT molecular complexity index is 880. The SMILES string of the molecule is CC(=O)NC(Cc1c[nH]c2ccccc12)C(=O)NC12CC3CC(CC(C3)C1)C2. The van der Waals surface area contributed by atoms with Crippen LogP contribution >= 0.6 is 0 Å². The fraction of sp³-hybridized carbons (Fsp3) is 0.565. The molecular formula is C23H29N3O2. The summed E-state index contributed by atoms with van der Waals surface area (Å²) < 4.78 is 0. The van der Waals surface area contributed by atoms with Crippen LogP contribution in [0, 0.1) is 17.8 Å². The molecule has 1 aromatic carbocycles. The van der Waals surface area contributed by atoms with Crippen molar-refractivity contribution in [2.45, 2.75) is 63.5 Å². The zero-order chi connectivity index (χ0) is 19.3. The van der Waals surface area contributed by atoms with Crippen LogP contribution in [0.5, 0.6) is 0 Å². The second-order valence-corrected chi connectivity index (χ2v) is 9.50. The highest BCUT2D eigenvalue weighted by molar-refractivity contribution is 5.89. The molecule has 4 saturated carbocycles. The van der Waals surface area contributed by atoms with Crippen LogP contribution in [-0.4, -0.2) is 28.4 Å². The second kappa shape index (κ2) is 6.64.